The van der Waals surface area contributed by atoms with Crippen molar-refractivity contribution in [3.8, 4) is 11.3 Å². The van der Waals surface area contributed by atoms with Crippen LogP contribution in [0.5, 0.6) is 0 Å². The topological polar surface area (TPSA) is 76.2 Å². The van der Waals surface area contributed by atoms with Crippen LogP contribution in [0.2, 0.25) is 24.7 Å². The molecule has 0 radical (unpaired) electrons. The maximum absolute atomic E-state index is 14.7. The average molecular weight is 365 g/mol. The Morgan fingerprint density at radius 3 is 2.38 bits per heavy atom. The Hall–Kier alpha value is -2.18. The highest BCUT2D eigenvalue weighted by Crippen LogP contribution is 2.30. The van der Waals surface area contributed by atoms with Crippen molar-refractivity contribution >= 4 is 37.4 Å². The van der Waals surface area contributed by atoms with Gasteiger partial charge in [-0.2, -0.15) is 0 Å². The third-order valence-corrected chi connectivity index (χ3v) is 4.70. The predicted molar refractivity (Wildman–Crippen MR) is 98.4 cm³/mol. The van der Waals surface area contributed by atoms with Gasteiger partial charge in [0.05, 0.1) is 13.8 Å². The quantitative estimate of drug-likeness (QED) is 0.770. The Morgan fingerprint density at radius 1 is 1.29 bits per heavy atom. The summed E-state index contributed by atoms with van der Waals surface area (Å²) in [5.74, 6) is -2.00. The van der Waals surface area contributed by atoms with E-state index in [1.807, 2.05) is 5.70 Å². The van der Waals surface area contributed by atoms with Crippen LogP contribution in [0.4, 0.5) is 10.1 Å². The molecule has 0 fully saturated rings. The molecule has 1 heterocycles. The average Bonchev–Trinajstić information content (AvgIpc) is 2.48. The zero-order valence-electron chi connectivity index (χ0n) is 13.6. The number of carboxylic acid groups (broad SMARTS) is 1. The Bertz CT molecular complexity index is 815. The van der Waals surface area contributed by atoms with Crippen molar-refractivity contribution in [1.29, 1.82) is 0 Å². The molecule has 0 spiro atoms. The number of nitrogens with zero attached hydrogens (tertiary/aromatic N) is 1. The monoisotopic (exact) mass is 364 g/mol. The second-order valence-electron chi connectivity index (χ2n) is 6.46. The van der Waals surface area contributed by atoms with Crippen LogP contribution in [-0.4, -0.2) is 24.1 Å². The first-order chi connectivity index (χ1) is 11.1. The lowest BCUT2D eigenvalue weighted by molar-refractivity contribution is 0.0690. The minimum Gasteiger partial charge on any atom is -0.476 e. The minimum atomic E-state index is -1.62. The zero-order valence-corrected chi connectivity index (χ0v) is 15.4. The van der Waals surface area contributed by atoms with E-state index in [1.165, 1.54) is 0 Å². The predicted octanol–water partition coefficient (Wildman–Crippen LogP) is 4.71. The number of hydrogen-bond donors (Lipinski definition) is 2. The van der Waals surface area contributed by atoms with Crippen LogP contribution in [0.3, 0.4) is 0 Å². The van der Waals surface area contributed by atoms with Gasteiger partial charge in [0, 0.05) is 16.1 Å². The number of anilines is 1. The number of rotatable bonds is 4. The van der Waals surface area contributed by atoms with Gasteiger partial charge in [-0.1, -0.05) is 55.2 Å². The number of nitrogens with two attached hydrogens (primary N) is 1. The molecule has 2 aromatic rings. The summed E-state index contributed by atoms with van der Waals surface area (Å²) in [5, 5.41) is 9.93. The van der Waals surface area contributed by atoms with Gasteiger partial charge in [-0.15, -0.1) is 0 Å². The summed E-state index contributed by atoms with van der Waals surface area (Å²) in [6.45, 7) is 6.23. The van der Waals surface area contributed by atoms with Gasteiger partial charge >= 0.3 is 5.97 Å². The number of hydrogen-bond acceptors (Lipinski definition) is 3. The summed E-state index contributed by atoms with van der Waals surface area (Å²) < 4.78 is 14.7. The van der Waals surface area contributed by atoms with Crippen LogP contribution < -0.4 is 5.73 Å². The second kappa shape index (κ2) is 6.74. The fraction of sp³-hybridized carbons (Fsp3) is 0.176. The highest BCUT2D eigenvalue weighted by atomic mass is 35.5. The number of pyridine rings is 1. The standard InChI is InChI=1S/C17H18ClFN2O2Si/c1-24(2,3)9-8-12-14(20)13(19)15(21-16(12)17(22)23)10-4-6-11(18)7-5-10/h4-9H,1-3H3,(H2,20,21)(H,22,23)/b9-8+. The van der Waals surface area contributed by atoms with Crippen molar-refractivity contribution in [3.05, 3.63) is 52.1 Å². The molecule has 1 aromatic carbocycles. The van der Waals surface area contributed by atoms with Crippen molar-refractivity contribution in [2.75, 3.05) is 5.73 Å². The van der Waals surface area contributed by atoms with E-state index in [1.54, 1.807) is 30.3 Å². The molecule has 0 atom stereocenters. The van der Waals surface area contributed by atoms with Gasteiger partial charge in [0.25, 0.3) is 0 Å². The molecule has 0 aliphatic rings. The van der Waals surface area contributed by atoms with Gasteiger partial charge in [0.1, 0.15) is 5.69 Å². The molecular weight excluding hydrogens is 347 g/mol. The van der Waals surface area contributed by atoms with E-state index in [0.29, 0.717) is 10.6 Å². The number of aromatic carboxylic acids is 1. The van der Waals surface area contributed by atoms with Crippen molar-refractivity contribution in [2.45, 2.75) is 19.6 Å². The normalized spacial score (nSPS) is 11.9. The third kappa shape index (κ3) is 4.01. The first-order valence-electron chi connectivity index (χ1n) is 7.27. The van der Waals surface area contributed by atoms with Gasteiger partial charge in [-0.3, -0.25) is 0 Å². The number of aromatic nitrogens is 1. The molecule has 0 saturated carbocycles. The molecule has 0 unspecified atom stereocenters. The molecule has 0 aliphatic heterocycles. The van der Waals surface area contributed by atoms with Crippen LogP contribution in [0.15, 0.2) is 30.0 Å². The lowest BCUT2D eigenvalue weighted by Gasteiger charge is -2.13. The fourth-order valence-electron chi connectivity index (χ4n) is 2.06. The summed E-state index contributed by atoms with van der Waals surface area (Å²) in [6, 6.07) is 6.29. The lowest BCUT2D eigenvalue weighted by atomic mass is 10.1. The minimum absolute atomic E-state index is 0.0974. The number of benzene rings is 1. The smallest absolute Gasteiger partial charge is 0.355 e. The Labute approximate surface area is 145 Å². The molecule has 0 bridgehead atoms. The van der Waals surface area contributed by atoms with E-state index in [-0.39, 0.29) is 22.6 Å². The van der Waals surface area contributed by atoms with Crippen molar-refractivity contribution in [2.24, 2.45) is 0 Å². The van der Waals surface area contributed by atoms with Gasteiger partial charge < -0.3 is 10.8 Å². The van der Waals surface area contributed by atoms with Crippen LogP contribution in [0, 0.1) is 5.82 Å². The van der Waals surface area contributed by atoms with Crippen LogP contribution in [-0.2, 0) is 0 Å². The van der Waals surface area contributed by atoms with Crippen LogP contribution in [0.1, 0.15) is 16.1 Å². The van der Waals surface area contributed by atoms with E-state index >= 15 is 0 Å². The highest BCUT2D eigenvalue weighted by molar-refractivity contribution is 6.81. The number of carboxylic acids is 1. The molecule has 0 amide bonds. The lowest BCUT2D eigenvalue weighted by Crippen LogP contribution is -2.16. The van der Waals surface area contributed by atoms with Crippen molar-refractivity contribution < 1.29 is 14.3 Å². The molecule has 1 aromatic heterocycles. The molecule has 7 heteroatoms. The van der Waals surface area contributed by atoms with Gasteiger partial charge in [-0.25, -0.2) is 14.2 Å². The Balaban J connectivity index is 2.68. The molecule has 2 rings (SSSR count). The molecule has 126 valence electrons. The largest absolute Gasteiger partial charge is 0.476 e. The summed E-state index contributed by atoms with van der Waals surface area (Å²) in [5.41, 5.74) is 7.69. The van der Waals surface area contributed by atoms with Crippen molar-refractivity contribution in [3.63, 3.8) is 0 Å². The van der Waals surface area contributed by atoms with Crippen molar-refractivity contribution in [1.82, 2.24) is 4.98 Å². The molecule has 24 heavy (non-hydrogen) atoms. The maximum Gasteiger partial charge on any atom is 0.355 e. The summed E-state index contributed by atoms with van der Waals surface area (Å²) in [6.07, 6.45) is 1.56. The number of nitrogen functional groups attached to an aromatic ring is 1. The van der Waals surface area contributed by atoms with Crippen LogP contribution in [0.25, 0.3) is 17.3 Å². The molecular formula is C17H18ClFN2O2Si. The van der Waals surface area contributed by atoms with E-state index in [0.717, 1.165) is 0 Å². The van der Waals surface area contributed by atoms with Gasteiger partial charge in [-0.05, 0) is 12.1 Å². The molecule has 3 N–H and O–H groups in total. The molecule has 0 aliphatic carbocycles. The Kier molecular flexibility index (Phi) is 5.10. The molecule has 0 saturated heterocycles. The van der Waals surface area contributed by atoms with Crippen LogP contribution >= 0.6 is 11.6 Å². The fourth-order valence-corrected chi connectivity index (χ4v) is 2.85. The van der Waals surface area contributed by atoms with E-state index < -0.39 is 19.9 Å². The molecule has 4 nitrogen and oxygen atoms in total. The maximum atomic E-state index is 14.7. The zero-order chi connectivity index (χ0) is 18.1. The summed E-state index contributed by atoms with van der Waals surface area (Å²) in [7, 11) is -1.62. The number of carbonyl (C=O) groups is 1. The summed E-state index contributed by atoms with van der Waals surface area (Å²) in [4.78, 5) is 15.6. The van der Waals surface area contributed by atoms with Gasteiger partial charge in [0.15, 0.2) is 11.5 Å². The second-order valence-corrected chi connectivity index (χ2v) is 12.0. The Morgan fingerprint density at radius 2 is 1.88 bits per heavy atom. The van der Waals surface area contributed by atoms with Gasteiger partial charge in [0.2, 0.25) is 0 Å². The first-order valence-corrected chi connectivity index (χ1v) is 11.2. The van der Waals surface area contributed by atoms with E-state index in [4.69, 9.17) is 17.3 Å². The SMILES string of the molecule is C[Si](C)(C)/C=C/c1c(C(=O)O)nc(-c2ccc(Cl)cc2)c(F)c1N. The number of halogens is 2. The third-order valence-electron chi connectivity index (χ3n) is 3.28. The highest BCUT2D eigenvalue weighted by Gasteiger charge is 2.22. The summed E-state index contributed by atoms with van der Waals surface area (Å²) >= 11 is 5.82. The van der Waals surface area contributed by atoms with E-state index in [9.17, 15) is 14.3 Å². The first kappa shape index (κ1) is 18.2. The van der Waals surface area contributed by atoms with E-state index in [2.05, 4.69) is 24.6 Å².